The number of methoxy groups -OCH3 is 1. The number of benzene rings is 2. The Bertz CT molecular complexity index is 841. The molecular formula is C23H27BrNO3+. The number of carbonyl (C=O) groups excluding carboxylic acids is 2. The van der Waals surface area contributed by atoms with E-state index < -0.39 is 0 Å². The van der Waals surface area contributed by atoms with Gasteiger partial charge in [0.05, 0.1) is 20.2 Å². The van der Waals surface area contributed by atoms with Gasteiger partial charge in [-0.1, -0.05) is 28.1 Å². The maximum Gasteiger partial charge on any atom is 0.220 e. The molecule has 0 aliphatic carbocycles. The van der Waals surface area contributed by atoms with Gasteiger partial charge >= 0.3 is 0 Å². The smallest absolute Gasteiger partial charge is 0.220 e. The van der Waals surface area contributed by atoms with E-state index in [2.05, 4.69) is 15.9 Å². The Hall–Kier alpha value is -1.98. The van der Waals surface area contributed by atoms with E-state index in [1.807, 2.05) is 36.4 Å². The van der Waals surface area contributed by atoms with Crippen molar-refractivity contribution >= 4 is 27.5 Å². The number of Topliss-reactive ketones (excluding diaryl/α,β-unsaturated/α-hetero) is 2. The van der Waals surface area contributed by atoms with E-state index in [1.54, 1.807) is 20.1 Å². The van der Waals surface area contributed by atoms with Crippen molar-refractivity contribution in [2.75, 3.05) is 20.2 Å². The van der Waals surface area contributed by atoms with Gasteiger partial charge in [0.15, 0.2) is 11.8 Å². The number of hydrogen-bond acceptors (Lipinski definition) is 3. The summed E-state index contributed by atoms with van der Waals surface area (Å²) in [7, 11) is 1.63. The van der Waals surface area contributed by atoms with Gasteiger partial charge in [-0.2, -0.15) is 0 Å². The third-order valence-corrected chi connectivity index (χ3v) is 6.07. The molecule has 1 atom stereocenters. The first kappa shape index (κ1) is 20.7. The van der Waals surface area contributed by atoms with Crippen molar-refractivity contribution in [1.82, 2.24) is 0 Å². The molecule has 1 aliphatic rings. The summed E-state index contributed by atoms with van der Waals surface area (Å²) in [6.45, 7) is 3.56. The number of quaternary nitrogens is 1. The quantitative estimate of drug-likeness (QED) is 0.664. The molecule has 0 aromatic heterocycles. The van der Waals surface area contributed by atoms with E-state index in [9.17, 15) is 9.59 Å². The lowest BCUT2D eigenvalue weighted by atomic mass is 9.93. The van der Waals surface area contributed by atoms with Crippen LogP contribution in [-0.4, -0.2) is 37.8 Å². The lowest BCUT2D eigenvalue weighted by molar-refractivity contribution is -0.920. The van der Waals surface area contributed by atoms with Crippen LogP contribution < -0.4 is 9.64 Å². The second-order valence-electron chi connectivity index (χ2n) is 7.43. The summed E-state index contributed by atoms with van der Waals surface area (Å²) in [6, 6.07) is 12.9. The Labute approximate surface area is 175 Å². The fourth-order valence-electron chi connectivity index (χ4n) is 3.97. The molecule has 1 fully saturated rings. The van der Waals surface area contributed by atoms with Gasteiger partial charge in [0.1, 0.15) is 5.75 Å². The van der Waals surface area contributed by atoms with E-state index in [1.165, 1.54) is 11.3 Å². The van der Waals surface area contributed by atoms with Crippen LogP contribution in [0.4, 0.5) is 0 Å². The summed E-state index contributed by atoms with van der Waals surface area (Å²) in [5.41, 5.74) is 2.30. The topological polar surface area (TPSA) is 47.8 Å². The van der Waals surface area contributed by atoms with Crippen LogP contribution in [-0.2, 0) is 6.42 Å². The van der Waals surface area contributed by atoms with Crippen molar-refractivity contribution in [3.8, 4) is 5.75 Å². The van der Waals surface area contributed by atoms with Gasteiger partial charge in [-0.15, -0.1) is 0 Å². The van der Waals surface area contributed by atoms with Crippen molar-refractivity contribution in [3.63, 3.8) is 0 Å². The number of ketones is 2. The average molecular weight is 445 g/mol. The molecule has 148 valence electrons. The van der Waals surface area contributed by atoms with Crippen molar-refractivity contribution < 1.29 is 19.2 Å². The fraction of sp³-hybridized carbons (Fsp3) is 0.391. The molecule has 1 saturated heterocycles. The highest BCUT2D eigenvalue weighted by Crippen LogP contribution is 2.23. The van der Waals surface area contributed by atoms with E-state index in [0.29, 0.717) is 12.0 Å². The summed E-state index contributed by atoms with van der Waals surface area (Å²) >= 11 is 3.44. The number of nitrogens with one attached hydrogen (secondary N) is 1. The van der Waals surface area contributed by atoms with Crippen molar-refractivity contribution in [2.45, 2.75) is 38.6 Å². The summed E-state index contributed by atoms with van der Waals surface area (Å²) in [5.74, 6) is 0.903. The molecule has 5 heteroatoms. The molecule has 1 aliphatic heterocycles. The predicted octanol–water partition coefficient (Wildman–Crippen LogP) is 3.52. The zero-order valence-electron chi connectivity index (χ0n) is 16.5. The zero-order chi connectivity index (χ0) is 20.1. The van der Waals surface area contributed by atoms with Crippen LogP contribution in [0.5, 0.6) is 5.75 Å². The summed E-state index contributed by atoms with van der Waals surface area (Å²) < 4.78 is 6.49. The van der Waals surface area contributed by atoms with Crippen molar-refractivity contribution in [3.05, 3.63) is 63.6 Å². The number of halogens is 1. The van der Waals surface area contributed by atoms with Crippen LogP contribution in [0.1, 0.15) is 52.5 Å². The van der Waals surface area contributed by atoms with Gasteiger partial charge in [0.25, 0.3) is 0 Å². The van der Waals surface area contributed by atoms with Crippen LogP contribution >= 0.6 is 15.9 Å². The Morgan fingerprint density at radius 2 is 1.68 bits per heavy atom. The molecule has 28 heavy (non-hydrogen) atoms. The standard InChI is InChI=1S/C23H26BrNO3/c1-16(26)18-8-11-22(28-2)19(14-18)15-21(25-12-4-3-5-13-25)23(27)17-6-9-20(24)10-7-17/h6-11,14,21H,3-5,12-13,15H2,1-2H3/p+1/t21-/m1/s1. The summed E-state index contributed by atoms with van der Waals surface area (Å²) in [6.07, 6.45) is 4.08. The molecule has 0 radical (unpaired) electrons. The van der Waals surface area contributed by atoms with Gasteiger partial charge in [-0.25, -0.2) is 0 Å². The lowest BCUT2D eigenvalue weighted by Crippen LogP contribution is -3.17. The highest BCUT2D eigenvalue weighted by Gasteiger charge is 2.32. The van der Waals surface area contributed by atoms with Gasteiger partial charge in [-0.05, 0) is 56.5 Å². The highest BCUT2D eigenvalue weighted by atomic mass is 79.9. The van der Waals surface area contributed by atoms with Crippen LogP contribution in [0, 0.1) is 0 Å². The number of rotatable bonds is 7. The Balaban J connectivity index is 1.95. The SMILES string of the molecule is COc1ccc(C(C)=O)cc1C[C@H](C(=O)c1ccc(Br)cc1)[NH+]1CCCCC1. The first-order valence-corrected chi connectivity index (χ1v) is 10.6. The third-order valence-electron chi connectivity index (χ3n) is 5.54. The van der Waals surface area contributed by atoms with E-state index in [-0.39, 0.29) is 17.6 Å². The minimum absolute atomic E-state index is 0.0185. The van der Waals surface area contributed by atoms with Gasteiger partial charge in [0, 0.05) is 27.6 Å². The van der Waals surface area contributed by atoms with Crippen molar-refractivity contribution in [2.24, 2.45) is 0 Å². The molecule has 4 nitrogen and oxygen atoms in total. The molecule has 0 saturated carbocycles. The molecule has 2 aromatic carbocycles. The maximum absolute atomic E-state index is 13.4. The molecule has 0 spiro atoms. The van der Waals surface area contributed by atoms with Crippen LogP contribution in [0.3, 0.4) is 0 Å². The Morgan fingerprint density at radius 3 is 2.29 bits per heavy atom. The Morgan fingerprint density at radius 1 is 1.04 bits per heavy atom. The molecule has 0 bridgehead atoms. The van der Waals surface area contributed by atoms with Gasteiger partial charge < -0.3 is 9.64 Å². The normalized spacial score (nSPS) is 15.8. The molecular weight excluding hydrogens is 418 g/mol. The van der Waals surface area contributed by atoms with Gasteiger partial charge in [0.2, 0.25) is 5.78 Å². The van der Waals surface area contributed by atoms with Crippen LogP contribution in [0.2, 0.25) is 0 Å². The number of piperidine rings is 1. The molecule has 0 amide bonds. The minimum Gasteiger partial charge on any atom is -0.496 e. The summed E-state index contributed by atoms with van der Waals surface area (Å²) in [4.78, 5) is 26.6. The predicted molar refractivity (Wildman–Crippen MR) is 114 cm³/mol. The molecule has 1 heterocycles. The number of ether oxygens (including phenoxy) is 1. The van der Waals surface area contributed by atoms with Crippen LogP contribution in [0.25, 0.3) is 0 Å². The molecule has 3 rings (SSSR count). The minimum atomic E-state index is -0.183. The first-order valence-electron chi connectivity index (χ1n) is 9.82. The largest absolute Gasteiger partial charge is 0.496 e. The number of hydrogen-bond donors (Lipinski definition) is 1. The number of carbonyl (C=O) groups is 2. The first-order chi connectivity index (χ1) is 13.5. The fourth-order valence-corrected chi connectivity index (χ4v) is 4.23. The number of likely N-dealkylation sites (tertiary alicyclic amines) is 1. The molecule has 0 unspecified atom stereocenters. The lowest BCUT2D eigenvalue weighted by Gasteiger charge is -2.31. The second kappa shape index (κ2) is 9.48. The third kappa shape index (κ3) is 4.89. The maximum atomic E-state index is 13.4. The van der Waals surface area contributed by atoms with E-state index in [0.717, 1.165) is 47.3 Å². The highest BCUT2D eigenvalue weighted by molar-refractivity contribution is 9.10. The van der Waals surface area contributed by atoms with E-state index >= 15 is 0 Å². The van der Waals surface area contributed by atoms with Crippen molar-refractivity contribution in [1.29, 1.82) is 0 Å². The summed E-state index contributed by atoms with van der Waals surface area (Å²) in [5, 5.41) is 0. The van der Waals surface area contributed by atoms with Gasteiger partial charge in [-0.3, -0.25) is 9.59 Å². The monoisotopic (exact) mass is 444 g/mol. The average Bonchev–Trinajstić information content (AvgIpc) is 2.72. The Kier molecular flexibility index (Phi) is 7.03. The molecule has 1 N–H and O–H groups in total. The van der Waals surface area contributed by atoms with Crippen LogP contribution in [0.15, 0.2) is 46.9 Å². The van der Waals surface area contributed by atoms with E-state index in [4.69, 9.17) is 4.74 Å². The second-order valence-corrected chi connectivity index (χ2v) is 8.35. The molecule has 2 aromatic rings. The zero-order valence-corrected chi connectivity index (χ0v) is 18.1.